The monoisotopic (exact) mass is 464 g/mol. The zero-order valence-electron chi connectivity index (χ0n) is 14.4. The zero-order valence-corrected chi connectivity index (χ0v) is 16.6. The standard InChI is InChI=1S/C20H21IN2O3/c21-18-8-4-7-17(13-18)20(25)26-15-19(24)23-11-9-22(10-12-23)14-16-5-2-1-3-6-16/h1-8,13H,9-12,14-15H2. The van der Waals surface area contributed by atoms with Crippen LogP contribution in [0.1, 0.15) is 15.9 Å². The number of carbonyl (C=O) groups excluding carboxylic acids is 2. The highest BCUT2D eigenvalue weighted by atomic mass is 127. The van der Waals surface area contributed by atoms with Gasteiger partial charge in [0, 0.05) is 36.3 Å². The largest absolute Gasteiger partial charge is 0.452 e. The van der Waals surface area contributed by atoms with Crippen LogP contribution in [0.15, 0.2) is 54.6 Å². The Morgan fingerprint density at radius 3 is 2.38 bits per heavy atom. The van der Waals surface area contributed by atoms with Crippen molar-refractivity contribution in [3.63, 3.8) is 0 Å². The summed E-state index contributed by atoms with van der Waals surface area (Å²) in [6, 6.07) is 17.5. The van der Waals surface area contributed by atoms with Crippen molar-refractivity contribution in [3.8, 4) is 0 Å². The van der Waals surface area contributed by atoms with E-state index in [9.17, 15) is 9.59 Å². The van der Waals surface area contributed by atoms with Gasteiger partial charge in [-0.3, -0.25) is 9.69 Å². The quantitative estimate of drug-likeness (QED) is 0.505. The van der Waals surface area contributed by atoms with Crippen LogP contribution in [0.5, 0.6) is 0 Å². The number of amides is 1. The first-order valence-corrected chi connectivity index (χ1v) is 9.66. The van der Waals surface area contributed by atoms with Crippen LogP contribution in [0.25, 0.3) is 0 Å². The molecule has 1 aliphatic rings. The van der Waals surface area contributed by atoms with E-state index in [2.05, 4.69) is 39.6 Å². The second-order valence-corrected chi connectivity index (χ2v) is 7.47. The first-order chi connectivity index (χ1) is 12.6. The number of benzene rings is 2. The molecule has 0 bridgehead atoms. The normalized spacial score (nSPS) is 14.9. The molecule has 1 saturated heterocycles. The minimum Gasteiger partial charge on any atom is -0.452 e. The van der Waals surface area contributed by atoms with Gasteiger partial charge in [-0.15, -0.1) is 0 Å². The molecule has 1 heterocycles. The summed E-state index contributed by atoms with van der Waals surface area (Å²) in [4.78, 5) is 28.4. The average molecular weight is 464 g/mol. The molecule has 1 amide bonds. The molecule has 0 atom stereocenters. The van der Waals surface area contributed by atoms with Gasteiger partial charge in [-0.25, -0.2) is 4.79 Å². The van der Waals surface area contributed by atoms with Crippen molar-refractivity contribution in [1.29, 1.82) is 0 Å². The molecule has 0 unspecified atom stereocenters. The van der Waals surface area contributed by atoms with Crippen molar-refractivity contribution < 1.29 is 14.3 Å². The van der Waals surface area contributed by atoms with E-state index < -0.39 is 5.97 Å². The van der Waals surface area contributed by atoms with Gasteiger partial charge in [-0.1, -0.05) is 36.4 Å². The summed E-state index contributed by atoms with van der Waals surface area (Å²) in [5.74, 6) is -0.595. The lowest BCUT2D eigenvalue weighted by atomic mass is 10.2. The Labute approximate surface area is 167 Å². The van der Waals surface area contributed by atoms with Crippen molar-refractivity contribution in [2.75, 3.05) is 32.8 Å². The van der Waals surface area contributed by atoms with E-state index in [1.807, 2.05) is 24.3 Å². The van der Waals surface area contributed by atoms with Gasteiger partial charge in [0.1, 0.15) is 0 Å². The van der Waals surface area contributed by atoms with Crippen LogP contribution in [0, 0.1) is 3.57 Å². The SMILES string of the molecule is O=C(OCC(=O)N1CCN(Cc2ccccc2)CC1)c1cccc(I)c1. The highest BCUT2D eigenvalue weighted by Crippen LogP contribution is 2.11. The number of hydrogen-bond donors (Lipinski definition) is 0. The summed E-state index contributed by atoms with van der Waals surface area (Å²) >= 11 is 2.14. The smallest absolute Gasteiger partial charge is 0.338 e. The van der Waals surface area contributed by atoms with Crippen LogP contribution in [-0.4, -0.2) is 54.5 Å². The van der Waals surface area contributed by atoms with E-state index in [-0.39, 0.29) is 12.5 Å². The summed E-state index contributed by atoms with van der Waals surface area (Å²) in [5, 5.41) is 0. The molecule has 1 fully saturated rings. The van der Waals surface area contributed by atoms with Crippen LogP contribution in [0.2, 0.25) is 0 Å². The molecule has 0 N–H and O–H groups in total. The lowest BCUT2D eigenvalue weighted by Crippen LogP contribution is -2.49. The Morgan fingerprint density at radius 2 is 1.69 bits per heavy atom. The van der Waals surface area contributed by atoms with Crippen LogP contribution >= 0.6 is 22.6 Å². The molecule has 136 valence electrons. The Hall–Kier alpha value is -1.93. The molecule has 0 radical (unpaired) electrons. The van der Waals surface area contributed by atoms with Crippen LogP contribution < -0.4 is 0 Å². The molecule has 2 aromatic rings. The van der Waals surface area contributed by atoms with Crippen LogP contribution in [0.3, 0.4) is 0 Å². The fourth-order valence-corrected chi connectivity index (χ4v) is 3.46. The van der Waals surface area contributed by atoms with E-state index in [0.717, 1.165) is 23.2 Å². The lowest BCUT2D eigenvalue weighted by molar-refractivity contribution is -0.136. The minimum atomic E-state index is -0.459. The topological polar surface area (TPSA) is 49.9 Å². The van der Waals surface area contributed by atoms with Crippen LogP contribution in [-0.2, 0) is 16.1 Å². The van der Waals surface area contributed by atoms with Gasteiger partial charge in [0.15, 0.2) is 6.61 Å². The summed E-state index contributed by atoms with van der Waals surface area (Å²) in [7, 11) is 0. The maximum atomic E-state index is 12.3. The van der Waals surface area contributed by atoms with Gasteiger partial charge in [0.25, 0.3) is 5.91 Å². The summed E-state index contributed by atoms with van der Waals surface area (Å²) in [6.07, 6.45) is 0. The molecular formula is C20H21IN2O3. The van der Waals surface area contributed by atoms with E-state index in [0.29, 0.717) is 18.7 Å². The van der Waals surface area contributed by atoms with Crippen molar-refractivity contribution in [2.24, 2.45) is 0 Å². The highest BCUT2D eigenvalue weighted by molar-refractivity contribution is 14.1. The molecule has 5 nitrogen and oxygen atoms in total. The molecule has 0 aliphatic carbocycles. The number of hydrogen-bond acceptors (Lipinski definition) is 4. The first-order valence-electron chi connectivity index (χ1n) is 8.58. The van der Waals surface area contributed by atoms with E-state index >= 15 is 0 Å². The van der Waals surface area contributed by atoms with Crippen molar-refractivity contribution in [2.45, 2.75) is 6.54 Å². The van der Waals surface area contributed by atoms with Crippen molar-refractivity contribution in [3.05, 3.63) is 69.3 Å². The van der Waals surface area contributed by atoms with Crippen molar-refractivity contribution >= 4 is 34.5 Å². The van der Waals surface area contributed by atoms with Gasteiger partial charge in [-0.05, 0) is 46.4 Å². The highest BCUT2D eigenvalue weighted by Gasteiger charge is 2.22. The third-order valence-electron chi connectivity index (χ3n) is 4.36. The van der Waals surface area contributed by atoms with Gasteiger partial charge >= 0.3 is 5.97 Å². The fraction of sp³-hybridized carbons (Fsp3) is 0.300. The van der Waals surface area contributed by atoms with Gasteiger partial charge in [0.05, 0.1) is 5.56 Å². The van der Waals surface area contributed by atoms with Gasteiger partial charge in [0.2, 0.25) is 0 Å². The number of carbonyl (C=O) groups is 2. The number of ether oxygens (including phenoxy) is 1. The zero-order chi connectivity index (χ0) is 18.4. The molecule has 0 aromatic heterocycles. The Bertz CT molecular complexity index is 759. The Morgan fingerprint density at radius 1 is 0.962 bits per heavy atom. The first kappa shape index (κ1) is 18.8. The van der Waals surface area contributed by atoms with Crippen molar-refractivity contribution in [1.82, 2.24) is 9.80 Å². The molecule has 26 heavy (non-hydrogen) atoms. The molecule has 0 spiro atoms. The third kappa shape index (κ3) is 5.28. The second-order valence-electron chi connectivity index (χ2n) is 6.23. The summed E-state index contributed by atoms with van der Waals surface area (Å²) in [6.45, 7) is 3.66. The Kier molecular flexibility index (Phi) is 6.62. The number of esters is 1. The third-order valence-corrected chi connectivity index (χ3v) is 5.03. The number of halogens is 1. The van der Waals surface area contributed by atoms with Gasteiger partial charge in [-0.2, -0.15) is 0 Å². The molecule has 1 aliphatic heterocycles. The number of piperazine rings is 1. The molecule has 2 aromatic carbocycles. The number of rotatable bonds is 5. The molecule has 6 heteroatoms. The summed E-state index contributed by atoms with van der Waals surface area (Å²) < 4.78 is 6.13. The fourth-order valence-electron chi connectivity index (χ4n) is 2.91. The molecular weight excluding hydrogens is 443 g/mol. The maximum Gasteiger partial charge on any atom is 0.338 e. The van der Waals surface area contributed by atoms with E-state index in [4.69, 9.17) is 4.74 Å². The van der Waals surface area contributed by atoms with E-state index in [1.165, 1.54) is 5.56 Å². The summed E-state index contributed by atoms with van der Waals surface area (Å²) in [5.41, 5.74) is 1.75. The molecule has 3 rings (SSSR count). The lowest BCUT2D eigenvalue weighted by Gasteiger charge is -2.34. The van der Waals surface area contributed by atoms with Gasteiger partial charge < -0.3 is 9.64 Å². The minimum absolute atomic E-state index is 0.136. The van der Waals surface area contributed by atoms with Crippen LogP contribution in [0.4, 0.5) is 0 Å². The predicted octanol–water partition coefficient (Wildman–Crippen LogP) is 2.79. The number of nitrogens with zero attached hydrogens (tertiary/aromatic N) is 2. The van der Waals surface area contributed by atoms with E-state index in [1.54, 1.807) is 23.1 Å². The Balaban J connectivity index is 1.43. The molecule has 0 saturated carbocycles. The maximum absolute atomic E-state index is 12.3. The predicted molar refractivity (Wildman–Crippen MR) is 108 cm³/mol. The average Bonchev–Trinajstić information content (AvgIpc) is 2.67. The second kappa shape index (κ2) is 9.14.